The van der Waals surface area contributed by atoms with Crippen LogP contribution in [-0.2, 0) is 22.5 Å². The van der Waals surface area contributed by atoms with Crippen LogP contribution in [0.3, 0.4) is 0 Å². The van der Waals surface area contributed by atoms with Gasteiger partial charge in [-0.05, 0) is 43.4 Å². The molecule has 1 N–H and O–H groups in total. The normalized spacial score (nSPS) is 15.5. The molecule has 0 aliphatic heterocycles. The number of fused-ring (bicyclic) bond motifs is 1. The zero-order chi connectivity index (χ0) is 21.6. The lowest BCUT2D eigenvalue weighted by molar-refractivity contribution is -0.119. The van der Waals surface area contributed by atoms with Crippen molar-refractivity contribution in [3.63, 3.8) is 0 Å². The molecule has 4 rings (SSSR count). The lowest BCUT2D eigenvalue weighted by Gasteiger charge is -2.26. The first kappa shape index (κ1) is 21.6. The highest BCUT2D eigenvalue weighted by Gasteiger charge is 2.22. The van der Waals surface area contributed by atoms with Gasteiger partial charge in [-0.25, -0.2) is 0 Å². The van der Waals surface area contributed by atoms with Gasteiger partial charge in [-0.15, -0.1) is 10.2 Å². The fourth-order valence-electron chi connectivity index (χ4n) is 4.05. The Hall–Kier alpha value is -2.64. The molecule has 0 spiro atoms. The van der Waals surface area contributed by atoms with E-state index in [1.54, 1.807) is 7.11 Å². The third kappa shape index (κ3) is 5.17. The molecule has 0 unspecified atom stereocenters. The van der Waals surface area contributed by atoms with Gasteiger partial charge >= 0.3 is 0 Å². The number of nitrogens with one attached hydrogen (secondary N) is 1. The highest BCUT2D eigenvalue weighted by molar-refractivity contribution is 7.99. The van der Waals surface area contributed by atoms with Crippen LogP contribution in [0.2, 0.25) is 0 Å². The van der Waals surface area contributed by atoms with Gasteiger partial charge in [0.05, 0.1) is 24.9 Å². The summed E-state index contributed by atoms with van der Waals surface area (Å²) in [4.78, 5) is 12.7. The Labute approximate surface area is 187 Å². The summed E-state index contributed by atoms with van der Waals surface area (Å²) < 4.78 is 7.31. The second-order valence-electron chi connectivity index (χ2n) is 7.82. The highest BCUT2D eigenvalue weighted by Crippen LogP contribution is 2.30. The number of hydrogen-bond donors (Lipinski definition) is 1. The van der Waals surface area contributed by atoms with E-state index in [0.29, 0.717) is 18.9 Å². The number of thioether (sulfide) groups is 1. The van der Waals surface area contributed by atoms with E-state index < -0.39 is 0 Å². The third-order valence-electron chi connectivity index (χ3n) is 5.55. The summed E-state index contributed by atoms with van der Waals surface area (Å²) in [5, 5.41) is 12.7. The Morgan fingerprint density at radius 3 is 2.94 bits per heavy atom. The van der Waals surface area contributed by atoms with Crippen LogP contribution in [0, 0.1) is 6.92 Å². The van der Waals surface area contributed by atoms with Crippen molar-refractivity contribution >= 4 is 17.7 Å². The van der Waals surface area contributed by atoms with Crippen LogP contribution in [0.1, 0.15) is 35.6 Å². The van der Waals surface area contributed by atoms with E-state index in [1.807, 2.05) is 22.8 Å². The highest BCUT2D eigenvalue weighted by atomic mass is 32.2. The van der Waals surface area contributed by atoms with Gasteiger partial charge in [-0.2, -0.15) is 0 Å². The zero-order valence-electron chi connectivity index (χ0n) is 18.0. The molecule has 2 aromatic carbocycles. The topological polar surface area (TPSA) is 69.0 Å². The summed E-state index contributed by atoms with van der Waals surface area (Å²) in [6.07, 6.45) is 3.16. The first-order chi connectivity index (χ1) is 15.2. The molecule has 0 bridgehead atoms. The Morgan fingerprint density at radius 1 is 1.23 bits per heavy atom. The Balaban J connectivity index is 1.45. The molecule has 1 amide bonds. The summed E-state index contributed by atoms with van der Waals surface area (Å²) in [6, 6.07) is 16.7. The summed E-state index contributed by atoms with van der Waals surface area (Å²) in [6.45, 7) is 3.24. The molecule has 1 atom stereocenters. The van der Waals surface area contributed by atoms with E-state index >= 15 is 0 Å². The molecule has 1 aromatic heterocycles. The molecule has 3 aromatic rings. The van der Waals surface area contributed by atoms with Crippen LogP contribution < -0.4 is 5.32 Å². The molecule has 6 nitrogen and oxygen atoms in total. The van der Waals surface area contributed by atoms with E-state index in [9.17, 15) is 4.79 Å². The number of nitrogens with zero attached hydrogens (tertiary/aromatic N) is 3. The van der Waals surface area contributed by atoms with Gasteiger partial charge in [0, 0.05) is 12.7 Å². The molecule has 0 radical (unpaired) electrons. The Kier molecular flexibility index (Phi) is 7.04. The lowest BCUT2D eigenvalue weighted by Crippen LogP contribution is -2.32. The quantitative estimate of drug-likeness (QED) is 0.537. The minimum absolute atomic E-state index is 0.0186. The van der Waals surface area contributed by atoms with E-state index in [1.165, 1.54) is 28.5 Å². The molecule has 162 valence electrons. The van der Waals surface area contributed by atoms with Gasteiger partial charge in [0.2, 0.25) is 5.91 Å². The first-order valence-electron chi connectivity index (χ1n) is 10.6. The molecule has 7 heteroatoms. The average molecular weight is 437 g/mol. The van der Waals surface area contributed by atoms with Gasteiger partial charge in [-0.3, -0.25) is 9.36 Å². The van der Waals surface area contributed by atoms with Crippen molar-refractivity contribution in [3.8, 4) is 11.4 Å². The predicted molar refractivity (Wildman–Crippen MR) is 123 cm³/mol. The summed E-state index contributed by atoms with van der Waals surface area (Å²) in [7, 11) is 1.68. The lowest BCUT2D eigenvalue weighted by atomic mass is 9.88. The number of hydrogen-bond acceptors (Lipinski definition) is 5. The van der Waals surface area contributed by atoms with Gasteiger partial charge in [0.25, 0.3) is 0 Å². The van der Waals surface area contributed by atoms with Crippen LogP contribution in [0.4, 0.5) is 0 Å². The second-order valence-corrected chi connectivity index (χ2v) is 8.76. The minimum Gasteiger partial charge on any atom is -0.383 e. The van der Waals surface area contributed by atoms with Gasteiger partial charge in [-0.1, -0.05) is 59.8 Å². The molecule has 0 fully saturated rings. The molecule has 1 heterocycles. The fourth-order valence-corrected chi connectivity index (χ4v) is 4.82. The zero-order valence-corrected chi connectivity index (χ0v) is 18.8. The van der Waals surface area contributed by atoms with Crippen LogP contribution >= 0.6 is 11.8 Å². The second kappa shape index (κ2) is 10.1. The summed E-state index contributed by atoms with van der Waals surface area (Å²) in [5.74, 6) is 1.12. The van der Waals surface area contributed by atoms with Crippen molar-refractivity contribution in [2.45, 2.75) is 43.9 Å². The van der Waals surface area contributed by atoms with Crippen molar-refractivity contribution in [2.24, 2.45) is 0 Å². The first-order valence-corrected chi connectivity index (χ1v) is 11.6. The average Bonchev–Trinajstić information content (AvgIpc) is 3.19. The minimum atomic E-state index is 0.0186. The molecule has 0 saturated heterocycles. The van der Waals surface area contributed by atoms with Crippen LogP contribution in [0.25, 0.3) is 11.4 Å². The number of methoxy groups -OCH3 is 1. The van der Waals surface area contributed by atoms with Crippen LogP contribution in [0.5, 0.6) is 0 Å². The SMILES string of the molecule is COCCn1c(SCC(=O)N[C@H]2CCCc3ccccc32)nnc1-c1cccc(C)c1. The Morgan fingerprint density at radius 2 is 2.10 bits per heavy atom. The van der Waals surface area contributed by atoms with E-state index in [-0.39, 0.29) is 11.9 Å². The van der Waals surface area contributed by atoms with Crippen LogP contribution in [-0.4, -0.2) is 40.1 Å². The summed E-state index contributed by atoms with van der Waals surface area (Å²) >= 11 is 1.42. The van der Waals surface area contributed by atoms with Gasteiger partial charge in [0.15, 0.2) is 11.0 Å². The van der Waals surface area contributed by atoms with Crippen LogP contribution in [0.15, 0.2) is 53.7 Å². The number of rotatable bonds is 8. The van der Waals surface area contributed by atoms with E-state index in [0.717, 1.165) is 35.8 Å². The largest absolute Gasteiger partial charge is 0.383 e. The third-order valence-corrected chi connectivity index (χ3v) is 6.52. The maximum atomic E-state index is 12.7. The van der Waals surface area contributed by atoms with Crippen molar-refractivity contribution in [1.29, 1.82) is 0 Å². The van der Waals surface area contributed by atoms with Crippen molar-refractivity contribution in [2.75, 3.05) is 19.5 Å². The number of carbonyl (C=O) groups excluding carboxylic acids is 1. The predicted octanol–water partition coefficient (Wildman–Crippen LogP) is 4.19. The number of carbonyl (C=O) groups is 1. The van der Waals surface area contributed by atoms with Crippen molar-refractivity contribution in [1.82, 2.24) is 20.1 Å². The fraction of sp³-hybridized carbons (Fsp3) is 0.375. The van der Waals surface area contributed by atoms with E-state index in [2.05, 4.69) is 52.8 Å². The molecular formula is C24H28N4O2S. The van der Waals surface area contributed by atoms with Gasteiger partial charge in [0.1, 0.15) is 0 Å². The monoisotopic (exact) mass is 436 g/mol. The molecular weight excluding hydrogens is 408 g/mol. The number of aryl methyl sites for hydroxylation is 2. The molecule has 1 aliphatic carbocycles. The van der Waals surface area contributed by atoms with Crippen molar-refractivity contribution < 1.29 is 9.53 Å². The standard InChI is InChI=1S/C24H28N4O2S/c1-17-7-5-10-19(15-17)23-26-27-24(28(23)13-14-30-2)31-16-22(29)25-21-12-6-9-18-8-3-4-11-20(18)21/h3-5,7-8,10-11,15,21H,6,9,12-14,16H2,1-2H3,(H,25,29)/t21-/m0/s1. The van der Waals surface area contributed by atoms with E-state index in [4.69, 9.17) is 4.74 Å². The molecule has 0 saturated carbocycles. The maximum absolute atomic E-state index is 12.7. The number of ether oxygens (including phenoxy) is 1. The molecule has 1 aliphatic rings. The van der Waals surface area contributed by atoms with Gasteiger partial charge < -0.3 is 10.1 Å². The summed E-state index contributed by atoms with van der Waals surface area (Å²) in [5.41, 5.74) is 4.77. The smallest absolute Gasteiger partial charge is 0.230 e. The molecule has 31 heavy (non-hydrogen) atoms. The van der Waals surface area contributed by atoms with Crippen molar-refractivity contribution in [3.05, 3.63) is 65.2 Å². The number of amides is 1. The maximum Gasteiger partial charge on any atom is 0.230 e. The number of aromatic nitrogens is 3. The Bertz CT molecular complexity index is 1050. The number of benzene rings is 2.